The fourth-order valence-electron chi connectivity index (χ4n) is 1.58. The van der Waals surface area contributed by atoms with E-state index in [1.165, 1.54) is 0 Å². The van der Waals surface area contributed by atoms with E-state index in [-0.39, 0.29) is 18.6 Å². The molecule has 4 heteroatoms. The lowest BCUT2D eigenvalue weighted by Crippen LogP contribution is -2.28. The summed E-state index contributed by atoms with van der Waals surface area (Å²) in [5.41, 5.74) is 0.875. The first-order valence-electron chi connectivity index (χ1n) is 5.58. The topological polar surface area (TPSA) is 62.2 Å². The Bertz CT molecular complexity index is 488. The quantitative estimate of drug-likeness (QED) is 0.730. The van der Waals surface area contributed by atoms with E-state index in [2.05, 4.69) is 29.1 Å². The van der Waals surface area contributed by atoms with Gasteiger partial charge in [0.2, 0.25) is 0 Å². The van der Waals surface area contributed by atoms with Crippen LogP contribution in [0.1, 0.15) is 29.4 Å². The SMILES string of the molecule is CC1CC1NC(=O)c1ncccc1C#CCO. The van der Waals surface area contributed by atoms with Crippen LogP contribution in [0.4, 0.5) is 0 Å². The van der Waals surface area contributed by atoms with E-state index in [4.69, 9.17) is 5.11 Å². The molecule has 1 aromatic rings. The predicted molar refractivity (Wildman–Crippen MR) is 63.2 cm³/mol. The lowest BCUT2D eigenvalue weighted by Gasteiger charge is -2.04. The highest BCUT2D eigenvalue weighted by Gasteiger charge is 2.34. The summed E-state index contributed by atoms with van der Waals surface area (Å²) in [4.78, 5) is 16.0. The molecule has 1 aliphatic rings. The molecule has 1 aliphatic carbocycles. The Labute approximate surface area is 100 Å². The summed E-state index contributed by atoms with van der Waals surface area (Å²) in [6.07, 6.45) is 2.59. The van der Waals surface area contributed by atoms with Crippen LogP contribution in [0, 0.1) is 17.8 Å². The van der Waals surface area contributed by atoms with Crippen molar-refractivity contribution in [3.05, 3.63) is 29.6 Å². The van der Waals surface area contributed by atoms with Crippen LogP contribution in [0.3, 0.4) is 0 Å². The maximum absolute atomic E-state index is 11.9. The van der Waals surface area contributed by atoms with Crippen LogP contribution < -0.4 is 5.32 Å². The van der Waals surface area contributed by atoms with E-state index < -0.39 is 0 Å². The smallest absolute Gasteiger partial charge is 0.271 e. The van der Waals surface area contributed by atoms with Gasteiger partial charge >= 0.3 is 0 Å². The highest BCUT2D eigenvalue weighted by atomic mass is 16.2. The summed E-state index contributed by atoms with van der Waals surface area (Å²) < 4.78 is 0. The molecule has 1 amide bonds. The molecule has 1 saturated carbocycles. The van der Waals surface area contributed by atoms with Crippen LogP contribution in [0.15, 0.2) is 18.3 Å². The van der Waals surface area contributed by atoms with Crippen LogP contribution >= 0.6 is 0 Å². The average molecular weight is 230 g/mol. The Balaban J connectivity index is 2.16. The first-order chi connectivity index (χ1) is 8.22. The summed E-state index contributed by atoms with van der Waals surface area (Å²) in [7, 11) is 0. The van der Waals surface area contributed by atoms with Gasteiger partial charge in [0, 0.05) is 12.2 Å². The van der Waals surface area contributed by atoms with E-state index in [1.807, 2.05) is 0 Å². The molecule has 2 rings (SSSR count). The van der Waals surface area contributed by atoms with Gasteiger partial charge in [-0.1, -0.05) is 18.8 Å². The minimum atomic E-state index is -0.227. The lowest BCUT2D eigenvalue weighted by atomic mass is 10.2. The standard InChI is InChI=1S/C13H14N2O2/c1-9-8-11(9)15-13(17)12-10(5-3-7-16)4-2-6-14-12/h2,4,6,9,11,16H,7-8H2,1H3,(H,15,17). The molecule has 1 heterocycles. The van der Waals surface area contributed by atoms with E-state index in [0.29, 0.717) is 17.2 Å². The third kappa shape index (κ3) is 2.83. The second-order valence-electron chi connectivity index (χ2n) is 4.15. The molecule has 0 saturated heterocycles. The molecule has 4 nitrogen and oxygen atoms in total. The minimum Gasteiger partial charge on any atom is -0.384 e. The Hall–Kier alpha value is -1.86. The van der Waals surface area contributed by atoms with Crippen LogP contribution in [0.25, 0.3) is 0 Å². The number of hydrogen-bond donors (Lipinski definition) is 2. The van der Waals surface area contributed by atoms with Gasteiger partial charge in [-0.05, 0) is 24.5 Å². The maximum atomic E-state index is 11.9. The molecule has 88 valence electrons. The first kappa shape index (κ1) is 11.6. The van der Waals surface area contributed by atoms with Crippen molar-refractivity contribution in [2.24, 2.45) is 5.92 Å². The predicted octanol–water partition coefficient (Wildman–Crippen LogP) is 0.564. The zero-order valence-electron chi connectivity index (χ0n) is 9.60. The molecule has 1 fully saturated rings. The van der Waals surface area contributed by atoms with Crippen LogP contribution in [-0.4, -0.2) is 28.6 Å². The second-order valence-corrected chi connectivity index (χ2v) is 4.15. The number of nitrogens with one attached hydrogen (secondary N) is 1. The van der Waals surface area contributed by atoms with E-state index in [1.54, 1.807) is 18.3 Å². The van der Waals surface area contributed by atoms with Crippen molar-refractivity contribution >= 4 is 5.91 Å². The molecule has 0 aromatic carbocycles. The van der Waals surface area contributed by atoms with Gasteiger partial charge in [0.05, 0.1) is 5.56 Å². The molecular weight excluding hydrogens is 216 g/mol. The van der Waals surface area contributed by atoms with E-state index >= 15 is 0 Å². The van der Waals surface area contributed by atoms with Gasteiger partial charge in [-0.25, -0.2) is 4.98 Å². The molecular formula is C13H14N2O2. The number of nitrogens with zero attached hydrogens (tertiary/aromatic N) is 1. The number of aliphatic hydroxyl groups is 1. The Kier molecular flexibility index (Phi) is 3.40. The van der Waals surface area contributed by atoms with Crippen LogP contribution in [0.2, 0.25) is 0 Å². The zero-order valence-corrected chi connectivity index (χ0v) is 9.60. The highest BCUT2D eigenvalue weighted by Crippen LogP contribution is 2.29. The Morgan fingerprint density at radius 3 is 3.12 bits per heavy atom. The summed E-state index contributed by atoms with van der Waals surface area (Å²) in [5, 5.41) is 11.6. The molecule has 1 aromatic heterocycles. The number of amides is 1. The van der Waals surface area contributed by atoms with Crippen LogP contribution in [0.5, 0.6) is 0 Å². The molecule has 2 N–H and O–H groups in total. The number of carbonyl (C=O) groups is 1. The van der Waals surface area contributed by atoms with Gasteiger partial charge in [0.25, 0.3) is 5.91 Å². The van der Waals surface area contributed by atoms with Gasteiger partial charge in [0.1, 0.15) is 12.3 Å². The molecule has 2 atom stereocenters. The van der Waals surface area contributed by atoms with E-state index in [9.17, 15) is 4.79 Å². The molecule has 0 aliphatic heterocycles. The van der Waals surface area contributed by atoms with Crippen molar-refractivity contribution < 1.29 is 9.90 Å². The van der Waals surface area contributed by atoms with Gasteiger partial charge < -0.3 is 10.4 Å². The van der Waals surface area contributed by atoms with Crippen LogP contribution in [-0.2, 0) is 0 Å². The molecule has 0 radical (unpaired) electrons. The number of rotatable bonds is 2. The zero-order chi connectivity index (χ0) is 12.3. The minimum absolute atomic E-state index is 0.192. The lowest BCUT2D eigenvalue weighted by molar-refractivity contribution is 0.0944. The maximum Gasteiger partial charge on any atom is 0.271 e. The van der Waals surface area contributed by atoms with Crippen molar-refractivity contribution in [2.75, 3.05) is 6.61 Å². The summed E-state index contributed by atoms with van der Waals surface area (Å²) in [6.45, 7) is 1.87. The van der Waals surface area contributed by atoms with Gasteiger partial charge in [-0.2, -0.15) is 0 Å². The third-order valence-corrected chi connectivity index (χ3v) is 2.75. The number of hydrogen-bond acceptors (Lipinski definition) is 3. The van der Waals surface area contributed by atoms with Gasteiger partial charge in [-0.3, -0.25) is 4.79 Å². The second kappa shape index (κ2) is 4.98. The van der Waals surface area contributed by atoms with Crippen molar-refractivity contribution in [1.82, 2.24) is 10.3 Å². The number of aliphatic hydroxyl groups excluding tert-OH is 1. The molecule has 0 spiro atoms. The van der Waals surface area contributed by atoms with Gasteiger partial charge in [0.15, 0.2) is 0 Å². The summed E-state index contributed by atoms with van der Waals surface area (Å²) in [6, 6.07) is 3.71. The monoisotopic (exact) mass is 230 g/mol. The van der Waals surface area contributed by atoms with Crippen molar-refractivity contribution in [3.63, 3.8) is 0 Å². The summed E-state index contributed by atoms with van der Waals surface area (Å²) >= 11 is 0. The number of carbonyl (C=O) groups excluding carboxylic acids is 1. The van der Waals surface area contributed by atoms with Crippen molar-refractivity contribution in [3.8, 4) is 11.8 Å². The van der Waals surface area contributed by atoms with Crippen molar-refractivity contribution in [2.45, 2.75) is 19.4 Å². The first-order valence-corrected chi connectivity index (χ1v) is 5.58. The largest absolute Gasteiger partial charge is 0.384 e. The molecule has 0 bridgehead atoms. The number of pyridine rings is 1. The molecule has 2 unspecified atom stereocenters. The Morgan fingerprint density at radius 2 is 2.47 bits per heavy atom. The normalized spacial score (nSPS) is 21.3. The fraction of sp³-hybridized carbons (Fsp3) is 0.385. The number of aromatic nitrogens is 1. The Morgan fingerprint density at radius 1 is 1.71 bits per heavy atom. The van der Waals surface area contributed by atoms with Gasteiger partial charge in [-0.15, -0.1) is 0 Å². The average Bonchev–Trinajstić information content (AvgIpc) is 3.02. The summed E-state index contributed by atoms with van der Waals surface area (Å²) in [5.74, 6) is 5.61. The highest BCUT2D eigenvalue weighted by molar-refractivity contribution is 5.95. The molecule has 17 heavy (non-hydrogen) atoms. The fourth-order valence-corrected chi connectivity index (χ4v) is 1.58. The van der Waals surface area contributed by atoms with E-state index in [0.717, 1.165) is 6.42 Å². The third-order valence-electron chi connectivity index (χ3n) is 2.75. The van der Waals surface area contributed by atoms with Crippen molar-refractivity contribution in [1.29, 1.82) is 0 Å².